The molecule has 5 saturated carbocycles. The number of fused-ring (bicyclic) bond motifs is 2. The fourth-order valence-electron chi connectivity index (χ4n) is 11.3. The van der Waals surface area contributed by atoms with Crippen molar-refractivity contribution in [1.82, 2.24) is 0 Å². The molecular formula is C30H52O3. The molecule has 5 aliphatic rings. The van der Waals surface area contributed by atoms with Gasteiger partial charge in [-0.2, -0.15) is 0 Å². The Morgan fingerprint density at radius 3 is 2.12 bits per heavy atom. The molecule has 0 aromatic heterocycles. The first-order valence-corrected chi connectivity index (χ1v) is 14.2. The minimum Gasteiger partial charge on any atom is -0.393 e. The van der Waals surface area contributed by atoms with Gasteiger partial charge in [0.15, 0.2) is 0 Å². The molecule has 0 saturated heterocycles. The zero-order chi connectivity index (χ0) is 24.2. The average molecular weight is 461 g/mol. The summed E-state index contributed by atoms with van der Waals surface area (Å²) in [6, 6.07) is 0. The van der Waals surface area contributed by atoms with E-state index < -0.39 is 11.7 Å². The fourth-order valence-corrected chi connectivity index (χ4v) is 11.3. The average Bonchev–Trinajstić information content (AvgIpc) is 3.31. The standard InChI is InChI=1S/C30H52O3/c1-19(8-11-24(32)26(4,5)33)20-12-14-28(7)22-10-9-21-25(2,3)23(31)13-15-29(21)18-30(22,29)17-16-27(20,28)6/h19-24,31-33H,8-18H2,1-7H3/t19-,20-,21?,22+,23+,24?,27-,28+,29-,30+/m1/s1. The first kappa shape index (κ1) is 24.6. The molecule has 10 atom stereocenters. The maximum Gasteiger partial charge on any atom is 0.0849 e. The lowest BCUT2D eigenvalue weighted by Crippen LogP contribution is -2.57. The molecule has 0 aliphatic heterocycles. The quantitative estimate of drug-likeness (QED) is 0.449. The number of rotatable bonds is 5. The molecule has 5 aliphatic carbocycles. The van der Waals surface area contributed by atoms with E-state index in [1.807, 2.05) is 0 Å². The smallest absolute Gasteiger partial charge is 0.0849 e. The van der Waals surface area contributed by atoms with E-state index >= 15 is 0 Å². The molecule has 0 aromatic rings. The van der Waals surface area contributed by atoms with Gasteiger partial charge in [-0.05, 0) is 135 Å². The molecule has 190 valence electrons. The van der Waals surface area contributed by atoms with E-state index in [-0.39, 0.29) is 11.5 Å². The summed E-state index contributed by atoms with van der Waals surface area (Å²) in [5, 5.41) is 31.5. The summed E-state index contributed by atoms with van der Waals surface area (Å²) in [6.45, 7) is 15.9. The minimum absolute atomic E-state index is 0.0718. The van der Waals surface area contributed by atoms with Crippen LogP contribution in [0.2, 0.25) is 0 Å². The Kier molecular flexibility index (Phi) is 5.38. The Morgan fingerprint density at radius 1 is 0.818 bits per heavy atom. The summed E-state index contributed by atoms with van der Waals surface area (Å²) in [7, 11) is 0. The van der Waals surface area contributed by atoms with Crippen LogP contribution in [0.1, 0.15) is 119 Å². The highest BCUT2D eigenvalue weighted by Gasteiger charge is 2.82. The molecule has 33 heavy (non-hydrogen) atoms. The largest absolute Gasteiger partial charge is 0.393 e. The Labute approximate surface area is 203 Å². The van der Waals surface area contributed by atoms with Crippen LogP contribution in [0.4, 0.5) is 0 Å². The summed E-state index contributed by atoms with van der Waals surface area (Å²) < 4.78 is 0. The monoisotopic (exact) mass is 460 g/mol. The van der Waals surface area contributed by atoms with Crippen LogP contribution in [0, 0.1) is 50.7 Å². The second kappa shape index (κ2) is 7.22. The molecular weight excluding hydrogens is 408 g/mol. The van der Waals surface area contributed by atoms with Crippen LogP contribution in [0.25, 0.3) is 0 Å². The fraction of sp³-hybridized carbons (Fsp3) is 1.00. The molecule has 3 nitrogen and oxygen atoms in total. The Hall–Kier alpha value is -0.120. The van der Waals surface area contributed by atoms with Gasteiger partial charge in [-0.15, -0.1) is 0 Å². The Morgan fingerprint density at radius 2 is 1.45 bits per heavy atom. The summed E-state index contributed by atoms with van der Waals surface area (Å²) in [5.41, 5.74) is 0.949. The van der Waals surface area contributed by atoms with E-state index in [1.165, 1.54) is 51.4 Å². The summed E-state index contributed by atoms with van der Waals surface area (Å²) in [4.78, 5) is 0. The number of hydrogen-bond acceptors (Lipinski definition) is 3. The zero-order valence-corrected chi connectivity index (χ0v) is 22.6. The van der Waals surface area contributed by atoms with Crippen molar-refractivity contribution in [2.75, 3.05) is 0 Å². The second-order valence-corrected chi connectivity index (χ2v) is 15.3. The first-order valence-electron chi connectivity index (χ1n) is 14.2. The lowest BCUT2D eigenvalue weighted by Gasteiger charge is -2.63. The highest BCUT2D eigenvalue weighted by molar-refractivity contribution is 5.30. The molecule has 3 heteroatoms. The number of aliphatic hydroxyl groups excluding tert-OH is 2. The van der Waals surface area contributed by atoms with E-state index in [0.717, 1.165) is 24.7 Å². The molecule has 0 radical (unpaired) electrons. The normalized spacial score (nSPS) is 52.2. The molecule has 0 amide bonds. The lowest BCUT2D eigenvalue weighted by atomic mass is 9.41. The van der Waals surface area contributed by atoms with E-state index in [0.29, 0.717) is 39.9 Å². The first-order chi connectivity index (χ1) is 15.2. The van der Waals surface area contributed by atoms with Crippen molar-refractivity contribution < 1.29 is 15.3 Å². The van der Waals surface area contributed by atoms with Gasteiger partial charge in [0.1, 0.15) is 0 Å². The van der Waals surface area contributed by atoms with Crippen molar-refractivity contribution in [2.24, 2.45) is 50.7 Å². The molecule has 5 fully saturated rings. The highest BCUT2D eigenvalue weighted by Crippen LogP contribution is 2.89. The Balaban J connectivity index is 1.37. The predicted molar refractivity (Wildman–Crippen MR) is 134 cm³/mol. The van der Waals surface area contributed by atoms with Gasteiger partial charge in [0.2, 0.25) is 0 Å². The van der Waals surface area contributed by atoms with E-state index in [1.54, 1.807) is 13.8 Å². The van der Waals surface area contributed by atoms with Crippen molar-refractivity contribution >= 4 is 0 Å². The van der Waals surface area contributed by atoms with Gasteiger partial charge < -0.3 is 15.3 Å². The molecule has 0 bridgehead atoms. The summed E-state index contributed by atoms with van der Waals surface area (Å²) in [6.07, 6.45) is 12.8. The van der Waals surface area contributed by atoms with Crippen molar-refractivity contribution in [2.45, 2.75) is 137 Å². The van der Waals surface area contributed by atoms with Crippen molar-refractivity contribution in [3.63, 3.8) is 0 Å². The molecule has 2 spiro atoms. The number of aliphatic hydroxyl groups is 3. The molecule has 3 N–H and O–H groups in total. The third kappa shape index (κ3) is 3.03. The van der Waals surface area contributed by atoms with Gasteiger partial charge in [0.25, 0.3) is 0 Å². The topological polar surface area (TPSA) is 60.7 Å². The van der Waals surface area contributed by atoms with E-state index in [4.69, 9.17) is 0 Å². The Bertz CT molecular complexity index is 784. The van der Waals surface area contributed by atoms with Gasteiger partial charge in [0, 0.05) is 0 Å². The molecule has 0 heterocycles. The van der Waals surface area contributed by atoms with Gasteiger partial charge in [-0.3, -0.25) is 0 Å². The molecule has 0 aromatic carbocycles. The van der Waals surface area contributed by atoms with E-state index in [2.05, 4.69) is 34.6 Å². The lowest BCUT2D eigenvalue weighted by molar-refractivity contribution is -0.161. The third-order valence-electron chi connectivity index (χ3n) is 13.6. The molecule has 5 rings (SSSR count). The van der Waals surface area contributed by atoms with Crippen LogP contribution in [0.5, 0.6) is 0 Å². The van der Waals surface area contributed by atoms with Gasteiger partial charge in [-0.25, -0.2) is 0 Å². The van der Waals surface area contributed by atoms with Crippen molar-refractivity contribution in [3.8, 4) is 0 Å². The van der Waals surface area contributed by atoms with E-state index in [9.17, 15) is 15.3 Å². The highest BCUT2D eigenvalue weighted by atomic mass is 16.3. The van der Waals surface area contributed by atoms with Gasteiger partial charge in [0.05, 0.1) is 17.8 Å². The zero-order valence-electron chi connectivity index (χ0n) is 22.6. The third-order valence-corrected chi connectivity index (χ3v) is 13.6. The van der Waals surface area contributed by atoms with Crippen molar-refractivity contribution in [1.29, 1.82) is 0 Å². The molecule has 2 unspecified atom stereocenters. The SMILES string of the molecule is C[C@H](CCC(O)C(C)(C)O)[C@H]1CC[C@@]2(C)[C@@H]3CCC4C(C)(C)[C@@H](O)CC[C@@]45C[C@@]35CC[C@]12C. The van der Waals surface area contributed by atoms with Crippen LogP contribution in [-0.2, 0) is 0 Å². The van der Waals surface area contributed by atoms with Crippen LogP contribution < -0.4 is 0 Å². The van der Waals surface area contributed by atoms with Crippen LogP contribution in [-0.4, -0.2) is 33.1 Å². The van der Waals surface area contributed by atoms with Crippen molar-refractivity contribution in [3.05, 3.63) is 0 Å². The van der Waals surface area contributed by atoms with Crippen LogP contribution in [0.3, 0.4) is 0 Å². The number of hydrogen-bond donors (Lipinski definition) is 3. The van der Waals surface area contributed by atoms with Crippen LogP contribution in [0.15, 0.2) is 0 Å². The van der Waals surface area contributed by atoms with Gasteiger partial charge in [-0.1, -0.05) is 34.6 Å². The van der Waals surface area contributed by atoms with Gasteiger partial charge >= 0.3 is 0 Å². The summed E-state index contributed by atoms with van der Waals surface area (Å²) >= 11 is 0. The minimum atomic E-state index is -1.01. The predicted octanol–water partition coefficient (Wildman–Crippen LogP) is 6.33. The second-order valence-electron chi connectivity index (χ2n) is 15.3. The maximum atomic E-state index is 10.8. The maximum absolute atomic E-state index is 10.8. The summed E-state index contributed by atoms with van der Waals surface area (Å²) in [5.74, 6) is 2.88. The van der Waals surface area contributed by atoms with Crippen LogP contribution >= 0.6 is 0 Å².